The Bertz CT molecular complexity index is 577. The number of anilines is 1. The van der Waals surface area contributed by atoms with Crippen LogP contribution in [0.4, 0.5) is 5.69 Å². The molecule has 0 fully saturated rings. The first-order valence-electron chi connectivity index (χ1n) is 5.68. The van der Waals surface area contributed by atoms with Crippen molar-refractivity contribution in [1.82, 2.24) is 4.72 Å². The summed E-state index contributed by atoms with van der Waals surface area (Å²) in [5.41, 5.74) is 3.59. The van der Waals surface area contributed by atoms with E-state index in [4.69, 9.17) is 5.73 Å². The highest BCUT2D eigenvalue weighted by molar-refractivity contribution is 9.10. The van der Waals surface area contributed by atoms with Crippen molar-refractivity contribution in [1.29, 1.82) is 0 Å². The summed E-state index contributed by atoms with van der Waals surface area (Å²) in [5, 5.41) is 10.0. The summed E-state index contributed by atoms with van der Waals surface area (Å²) in [6.07, 6.45) is 0. The molecular formula is C12H19BrN2O3S. The van der Waals surface area contributed by atoms with Crippen molar-refractivity contribution in [2.45, 2.75) is 43.7 Å². The van der Waals surface area contributed by atoms with Crippen LogP contribution in [0.15, 0.2) is 27.6 Å². The zero-order valence-electron chi connectivity index (χ0n) is 11.4. The smallest absolute Gasteiger partial charge is 0.243 e. The molecule has 0 bridgehead atoms. The van der Waals surface area contributed by atoms with Crippen LogP contribution in [0.1, 0.15) is 27.7 Å². The van der Waals surface area contributed by atoms with Gasteiger partial charge in [-0.05, 0) is 45.9 Å². The molecule has 0 heterocycles. The van der Waals surface area contributed by atoms with Gasteiger partial charge in [0.25, 0.3) is 0 Å². The topological polar surface area (TPSA) is 92.4 Å². The Balaban J connectivity index is 3.23. The Morgan fingerprint density at radius 1 is 1.26 bits per heavy atom. The van der Waals surface area contributed by atoms with Crippen molar-refractivity contribution in [2.75, 3.05) is 5.73 Å². The summed E-state index contributed by atoms with van der Waals surface area (Å²) < 4.78 is 27.8. The lowest BCUT2D eigenvalue weighted by Crippen LogP contribution is -2.57. The van der Waals surface area contributed by atoms with Gasteiger partial charge in [-0.3, -0.25) is 0 Å². The highest BCUT2D eigenvalue weighted by atomic mass is 79.9. The summed E-state index contributed by atoms with van der Waals surface area (Å²) in [7, 11) is -3.82. The van der Waals surface area contributed by atoms with Gasteiger partial charge in [-0.1, -0.05) is 15.9 Å². The van der Waals surface area contributed by atoms with Crippen LogP contribution in [0.25, 0.3) is 0 Å². The minimum atomic E-state index is -3.82. The lowest BCUT2D eigenvalue weighted by molar-refractivity contribution is 0.00639. The van der Waals surface area contributed by atoms with E-state index in [-0.39, 0.29) is 10.6 Å². The van der Waals surface area contributed by atoms with Crippen LogP contribution >= 0.6 is 15.9 Å². The van der Waals surface area contributed by atoms with Crippen molar-refractivity contribution in [2.24, 2.45) is 0 Å². The molecule has 0 radical (unpaired) electrons. The summed E-state index contributed by atoms with van der Waals surface area (Å²) in [5.74, 6) is 0. The highest BCUT2D eigenvalue weighted by Gasteiger charge is 2.39. The average molecular weight is 351 g/mol. The molecule has 108 valence electrons. The predicted octanol–water partition coefficient (Wildman–Crippen LogP) is 1.86. The number of halogens is 1. The Morgan fingerprint density at radius 3 is 2.26 bits per heavy atom. The number of nitrogens with one attached hydrogen (secondary N) is 1. The fourth-order valence-corrected chi connectivity index (χ4v) is 3.46. The van der Waals surface area contributed by atoms with Gasteiger partial charge in [0, 0.05) is 4.47 Å². The third-order valence-electron chi connectivity index (χ3n) is 3.18. The van der Waals surface area contributed by atoms with E-state index < -0.39 is 21.2 Å². The second-order valence-electron chi connectivity index (χ2n) is 5.47. The molecule has 0 amide bonds. The van der Waals surface area contributed by atoms with Crippen LogP contribution in [0.5, 0.6) is 0 Å². The van der Waals surface area contributed by atoms with Gasteiger partial charge in [0.05, 0.1) is 16.8 Å². The van der Waals surface area contributed by atoms with Crippen LogP contribution in [0.3, 0.4) is 0 Å². The van der Waals surface area contributed by atoms with Gasteiger partial charge in [-0.15, -0.1) is 0 Å². The largest absolute Gasteiger partial charge is 0.398 e. The van der Waals surface area contributed by atoms with E-state index >= 15 is 0 Å². The molecule has 1 aromatic rings. The number of rotatable bonds is 4. The summed E-state index contributed by atoms with van der Waals surface area (Å²) in [4.78, 5) is -0.0146. The van der Waals surface area contributed by atoms with Crippen molar-refractivity contribution in [3.8, 4) is 0 Å². The maximum Gasteiger partial charge on any atom is 0.243 e. The number of sulfonamides is 1. The van der Waals surface area contributed by atoms with Crippen molar-refractivity contribution in [3.05, 3.63) is 22.7 Å². The minimum Gasteiger partial charge on any atom is -0.398 e. The van der Waals surface area contributed by atoms with Crippen molar-refractivity contribution >= 4 is 31.6 Å². The van der Waals surface area contributed by atoms with Crippen LogP contribution < -0.4 is 10.5 Å². The fourth-order valence-electron chi connectivity index (χ4n) is 1.26. The molecule has 0 aromatic heterocycles. The summed E-state index contributed by atoms with van der Waals surface area (Å²) >= 11 is 3.21. The third kappa shape index (κ3) is 3.68. The molecule has 5 nitrogen and oxygen atoms in total. The Labute approximate surface area is 122 Å². The first-order valence-corrected chi connectivity index (χ1v) is 7.96. The Hall–Kier alpha value is -0.630. The van der Waals surface area contributed by atoms with E-state index in [9.17, 15) is 13.5 Å². The van der Waals surface area contributed by atoms with Gasteiger partial charge in [0.2, 0.25) is 10.0 Å². The maximum atomic E-state index is 12.3. The number of nitrogen functional groups attached to an aromatic ring is 1. The molecule has 0 atom stereocenters. The molecule has 7 heteroatoms. The van der Waals surface area contributed by atoms with Crippen LogP contribution in [-0.2, 0) is 10.0 Å². The standard InChI is InChI=1S/C12H19BrN2O3S/c1-11(2,12(3,4)16)15-19(17,18)10-7-8(13)5-6-9(10)14/h5-7,15-16H,14H2,1-4H3. The van der Waals surface area contributed by atoms with Crippen LogP contribution in [0.2, 0.25) is 0 Å². The summed E-state index contributed by atoms with van der Waals surface area (Å²) in [6, 6.07) is 4.60. The lowest BCUT2D eigenvalue weighted by atomic mass is 9.87. The lowest BCUT2D eigenvalue weighted by Gasteiger charge is -2.37. The van der Waals surface area contributed by atoms with E-state index in [0.717, 1.165) is 0 Å². The SMILES string of the molecule is CC(C)(O)C(C)(C)NS(=O)(=O)c1cc(Br)ccc1N. The highest BCUT2D eigenvalue weighted by Crippen LogP contribution is 2.27. The first-order chi connectivity index (χ1) is 8.37. The minimum absolute atomic E-state index is 0.0146. The summed E-state index contributed by atoms with van der Waals surface area (Å²) in [6.45, 7) is 6.30. The zero-order valence-corrected chi connectivity index (χ0v) is 13.8. The van der Waals surface area contributed by atoms with Gasteiger partial charge >= 0.3 is 0 Å². The molecule has 0 unspecified atom stereocenters. The molecule has 0 aliphatic rings. The van der Waals surface area contributed by atoms with Crippen molar-refractivity contribution < 1.29 is 13.5 Å². The Kier molecular flexibility index (Phi) is 4.36. The average Bonchev–Trinajstić information content (AvgIpc) is 2.18. The molecule has 1 aromatic carbocycles. The molecule has 0 aliphatic heterocycles. The van der Waals surface area contributed by atoms with E-state index in [0.29, 0.717) is 4.47 Å². The van der Waals surface area contributed by atoms with Gasteiger partial charge in [0.15, 0.2) is 0 Å². The molecular weight excluding hydrogens is 332 g/mol. The van der Waals surface area contributed by atoms with Gasteiger partial charge in [-0.2, -0.15) is 0 Å². The van der Waals surface area contributed by atoms with Gasteiger partial charge in [-0.25, -0.2) is 13.1 Å². The zero-order chi connectivity index (χ0) is 15.1. The number of hydrogen-bond acceptors (Lipinski definition) is 4. The monoisotopic (exact) mass is 350 g/mol. The van der Waals surface area contributed by atoms with Crippen LogP contribution in [0, 0.1) is 0 Å². The maximum absolute atomic E-state index is 12.3. The number of aliphatic hydroxyl groups is 1. The van der Waals surface area contributed by atoms with Crippen molar-refractivity contribution in [3.63, 3.8) is 0 Å². The number of benzene rings is 1. The van der Waals surface area contributed by atoms with E-state index in [2.05, 4.69) is 20.7 Å². The van der Waals surface area contributed by atoms with E-state index in [1.54, 1.807) is 33.8 Å². The molecule has 0 saturated heterocycles. The fraction of sp³-hybridized carbons (Fsp3) is 0.500. The quantitative estimate of drug-likeness (QED) is 0.722. The number of hydrogen-bond donors (Lipinski definition) is 3. The molecule has 0 saturated carbocycles. The number of nitrogens with two attached hydrogens (primary N) is 1. The molecule has 4 N–H and O–H groups in total. The van der Waals surface area contributed by atoms with Gasteiger partial charge < -0.3 is 10.8 Å². The van der Waals surface area contributed by atoms with Crippen LogP contribution in [-0.4, -0.2) is 24.7 Å². The third-order valence-corrected chi connectivity index (χ3v) is 5.39. The molecule has 1 rings (SSSR count). The molecule has 0 spiro atoms. The molecule has 0 aliphatic carbocycles. The van der Waals surface area contributed by atoms with E-state index in [1.807, 2.05) is 0 Å². The Morgan fingerprint density at radius 2 is 1.79 bits per heavy atom. The van der Waals surface area contributed by atoms with Gasteiger partial charge in [0.1, 0.15) is 4.90 Å². The second-order valence-corrected chi connectivity index (χ2v) is 8.04. The normalized spacial score (nSPS) is 13.6. The molecule has 19 heavy (non-hydrogen) atoms. The first kappa shape index (κ1) is 16.4. The van der Waals surface area contributed by atoms with E-state index in [1.165, 1.54) is 12.1 Å². The predicted molar refractivity (Wildman–Crippen MR) is 79.3 cm³/mol. The second kappa shape index (κ2) is 5.05.